The highest BCUT2D eigenvalue weighted by Gasteiger charge is 2.14. The Hall–Kier alpha value is -2.94. The molecule has 0 aliphatic heterocycles. The van der Waals surface area contributed by atoms with Gasteiger partial charge in [0.15, 0.2) is 0 Å². The van der Waals surface area contributed by atoms with E-state index in [-0.39, 0.29) is 16.7 Å². The Labute approximate surface area is 122 Å². The quantitative estimate of drug-likeness (QED) is 0.685. The number of hydrogen-bond acceptors (Lipinski definition) is 5. The van der Waals surface area contributed by atoms with Crippen LogP contribution in [0.2, 0.25) is 0 Å². The normalized spacial score (nSPS) is 11.5. The van der Waals surface area contributed by atoms with Crippen LogP contribution in [-0.2, 0) is 0 Å². The highest BCUT2D eigenvalue weighted by atomic mass is 16.6. The second kappa shape index (κ2) is 6.01. The minimum atomic E-state index is -0.383. The number of benzene rings is 1. The molecule has 6 nitrogen and oxygen atoms in total. The zero-order valence-corrected chi connectivity index (χ0v) is 11.7. The molecule has 2 rings (SSSR count). The first kappa shape index (κ1) is 14.5. The van der Waals surface area contributed by atoms with Crippen LogP contribution in [0.15, 0.2) is 36.5 Å². The van der Waals surface area contributed by atoms with E-state index in [1.54, 1.807) is 31.2 Å². The lowest BCUT2D eigenvalue weighted by Gasteiger charge is -2.15. The molecule has 1 heterocycles. The monoisotopic (exact) mass is 282 g/mol. The first-order chi connectivity index (χ1) is 10.0. The summed E-state index contributed by atoms with van der Waals surface area (Å²) < 4.78 is 0. The van der Waals surface area contributed by atoms with Crippen molar-refractivity contribution in [3.8, 4) is 6.07 Å². The lowest BCUT2D eigenvalue weighted by Crippen LogP contribution is -2.08. The highest BCUT2D eigenvalue weighted by Crippen LogP contribution is 2.25. The number of rotatable bonds is 4. The number of nitro groups is 1. The van der Waals surface area contributed by atoms with Crippen LogP contribution in [0.4, 0.5) is 11.5 Å². The van der Waals surface area contributed by atoms with E-state index in [4.69, 9.17) is 5.26 Å². The average Bonchev–Trinajstić information content (AvgIpc) is 2.48. The Bertz CT molecular complexity index is 705. The summed E-state index contributed by atoms with van der Waals surface area (Å²) in [5.41, 5.74) is 2.03. The molecule has 1 aromatic heterocycles. The lowest BCUT2D eigenvalue weighted by molar-refractivity contribution is -0.385. The van der Waals surface area contributed by atoms with Gasteiger partial charge in [-0.1, -0.05) is 12.1 Å². The molecule has 0 unspecified atom stereocenters. The number of aromatic nitrogens is 1. The summed E-state index contributed by atoms with van der Waals surface area (Å²) in [6, 6.07) is 10.4. The summed E-state index contributed by atoms with van der Waals surface area (Å²) in [6.45, 7) is 3.61. The van der Waals surface area contributed by atoms with Crippen molar-refractivity contribution in [2.24, 2.45) is 0 Å². The van der Waals surface area contributed by atoms with E-state index in [1.807, 2.05) is 19.1 Å². The molecule has 0 amide bonds. The second-order valence-corrected chi connectivity index (χ2v) is 4.71. The van der Waals surface area contributed by atoms with Crippen molar-refractivity contribution in [1.29, 1.82) is 5.26 Å². The number of hydrogen-bond donors (Lipinski definition) is 1. The molecular weight excluding hydrogens is 268 g/mol. The van der Waals surface area contributed by atoms with Crippen molar-refractivity contribution in [3.05, 3.63) is 63.3 Å². The maximum atomic E-state index is 11.0. The zero-order valence-electron chi connectivity index (χ0n) is 11.7. The van der Waals surface area contributed by atoms with Crippen LogP contribution in [0.1, 0.15) is 29.7 Å². The largest absolute Gasteiger partial charge is 0.364 e. The van der Waals surface area contributed by atoms with Gasteiger partial charge in [-0.25, -0.2) is 4.98 Å². The molecule has 0 saturated heterocycles. The zero-order chi connectivity index (χ0) is 15.4. The number of pyridine rings is 1. The number of nitrogens with one attached hydrogen (secondary N) is 1. The highest BCUT2D eigenvalue weighted by molar-refractivity contribution is 5.46. The average molecular weight is 282 g/mol. The number of nitriles is 1. The molecule has 1 N–H and O–H groups in total. The van der Waals surface area contributed by atoms with Crippen molar-refractivity contribution in [2.75, 3.05) is 5.32 Å². The van der Waals surface area contributed by atoms with E-state index < -0.39 is 0 Å². The summed E-state index contributed by atoms with van der Waals surface area (Å²) in [5, 5.41) is 22.8. The van der Waals surface area contributed by atoms with Crippen LogP contribution in [0.25, 0.3) is 0 Å². The molecule has 1 aromatic carbocycles. The molecule has 0 radical (unpaired) electrons. The third-order valence-corrected chi connectivity index (χ3v) is 3.19. The summed E-state index contributed by atoms with van der Waals surface area (Å²) in [4.78, 5) is 14.7. The fourth-order valence-electron chi connectivity index (χ4n) is 1.94. The molecule has 0 aliphatic rings. The van der Waals surface area contributed by atoms with Gasteiger partial charge in [0.05, 0.1) is 16.5 Å². The van der Waals surface area contributed by atoms with Crippen LogP contribution < -0.4 is 5.32 Å². The van der Waals surface area contributed by atoms with E-state index >= 15 is 0 Å². The Kier molecular flexibility index (Phi) is 4.14. The summed E-state index contributed by atoms with van der Waals surface area (Å²) in [6.07, 6.45) is 1.48. The van der Waals surface area contributed by atoms with E-state index in [2.05, 4.69) is 10.3 Å². The van der Waals surface area contributed by atoms with Gasteiger partial charge in [0.2, 0.25) is 0 Å². The summed E-state index contributed by atoms with van der Waals surface area (Å²) in [5.74, 6) is 0.615. The van der Waals surface area contributed by atoms with Crippen molar-refractivity contribution in [3.63, 3.8) is 0 Å². The minimum absolute atomic E-state index is 0.105. The molecule has 2 aromatic rings. The molecule has 0 aliphatic carbocycles. The third-order valence-electron chi connectivity index (χ3n) is 3.19. The number of nitrogens with zero attached hydrogens (tertiary/aromatic N) is 3. The van der Waals surface area contributed by atoms with Crippen molar-refractivity contribution >= 4 is 11.5 Å². The first-order valence-corrected chi connectivity index (χ1v) is 6.39. The van der Waals surface area contributed by atoms with Gasteiger partial charge in [0, 0.05) is 17.8 Å². The fraction of sp³-hybridized carbons (Fsp3) is 0.200. The van der Waals surface area contributed by atoms with Gasteiger partial charge >= 0.3 is 0 Å². The van der Waals surface area contributed by atoms with Gasteiger partial charge in [-0.3, -0.25) is 10.1 Å². The summed E-state index contributed by atoms with van der Waals surface area (Å²) in [7, 11) is 0. The van der Waals surface area contributed by atoms with Gasteiger partial charge < -0.3 is 5.32 Å². The standard InChI is InChI=1S/C15H14N4O2/c1-10-3-5-13(7-14(10)19(20)21)11(2)18-15-6-4-12(8-16)9-17-15/h3-7,9,11H,1-2H3,(H,17,18)/t11-/m0/s1. The second-order valence-electron chi connectivity index (χ2n) is 4.71. The molecule has 21 heavy (non-hydrogen) atoms. The predicted octanol–water partition coefficient (Wildman–Crippen LogP) is 3.34. The van der Waals surface area contributed by atoms with Crippen LogP contribution in [0, 0.1) is 28.4 Å². The third kappa shape index (κ3) is 3.34. The molecule has 0 bridgehead atoms. The molecule has 0 spiro atoms. The maximum absolute atomic E-state index is 11.0. The lowest BCUT2D eigenvalue weighted by atomic mass is 10.0. The summed E-state index contributed by atoms with van der Waals surface area (Å²) >= 11 is 0. The van der Waals surface area contributed by atoms with Crippen LogP contribution in [0.5, 0.6) is 0 Å². The van der Waals surface area contributed by atoms with E-state index in [9.17, 15) is 10.1 Å². The molecule has 1 atom stereocenters. The van der Waals surface area contributed by atoms with Crippen LogP contribution in [-0.4, -0.2) is 9.91 Å². The molecule has 106 valence electrons. The molecule has 0 saturated carbocycles. The Balaban J connectivity index is 2.20. The molecule has 0 fully saturated rings. The van der Waals surface area contributed by atoms with Gasteiger partial charge in [0.1, 0.15) is 11.9 Å². The number of aryl methyl sites for hydroxylation is 1. The van der Waals surface area contributed by atoms with E-state index in [0.717, 1.165) is 5.56 Å². The van der Waals surface area contributed by atoms with Gasteiger partial charge in [-0.05, 0) is 31.5 Å². The van der Waals surface area contributed by atoms with Gasteiger partial charge in [-0.15, -0.1) is 0 Å². The van der Waals surface area contributed by atoms with Crippen LogP contribution >= 0.6 is 0 Å². The van der Waals surface area contributed by atoms with Crippen molar-refractivity contribution in [2.45, 2.75) is 19.9 Å². The maximum Gasteiger partial charge on any atom is 0.272 e. The smallest absolute Gasteiger partial charge is 0.272 e. The Morgan fingerprint density at radius 3 is 2.71 bits per heavy atom. The van der Waals surface area contributed by atoms with Crippen molar-refractivity contribution < 1.29 is 4.92 Å². The SMILES string of the molecule is Cc1ccc([C@H](C)Nc2ccc(C#N)cn2)cc1[N+](=O)[O-]. The minimum Gasteiger partial charge on any atom is -0.364 e. The molecule has 6 heteroatoms. The van der Waals surface area contributed by atoms with Gasteiger partial charge in [-0.2, -0.15) is 5.26 Å². The van der Waals surface area contributed by atoms with Crippen LogP contribution in [0.3, 0.4) is 0 Å². The predicted molar refractivity (Wildman–Crippen MR) is 78.8 cm³/mol. The first-order valence-electron chi connectivity index (χ1n) is 6.39. The molecular formula is C15H14N4O2. The van der Waals surface area contributed by atoms with Crippen molar-refractivity contribution in [1.82, 2.24) is 4.98 Å². The Morgan fingerprint density at radius 1 is 1.38 bits per heavy atom. The Morgan fingerprint density at radius 2 is 2.14 bits per heavy atom. The number of anilines is 1. The van der Waals surface area contributed by atoms with E-state index in [1.165, 1.54) is 6.20 Å². The van der Waals surface area contributed by atoms with E-state index in [0.29, 0.717) is 16.9 Å². The van der Waals surface area contributed by atoms with Gasteiger partial charge in [0.25, 0.3) is 5.69 Å². The fourth-order valence-corrected chi connectivity index (χ4v) is 1.94. The topological polar surface area (TPSA) is 91.8 Å². The number of nitro benzene ring substituents is 1.